The average molecular weight is 521 g/mol. The Balaban J connectivity index is 1.27. The molecule has 0 fully saturated rings. The van der Waals surface area contributed by atoms with Gasteiger partial charge in [-0.25, -0.2) is 0 Å². The van der Waals surface area contributed by atoms with Gasteiger partial charge in [-0.2, -0.15) is 0 Å². The summed E-state index contributed by atoms with van der Waals surface area (Å²) in [6, 6.07) is 52.3. The molecule has 1 aromatic heterocycles. The monoisotopic (exact) mass is 520 g/mol. The van der Waals surface area contributed by atoms with Gasteiger partial charge < -0.3 is 4.42 Å². The van der Waals surface area contributed by atoms with Gasteiger partial charge in [-0.1, -0.05) is 140 Å². The Bertz CT molecular complexity index is 2270. The van der Waals surface area contributed by atoms with E-state index in [1.807, 2.05) is 0 Å². The van der Waals surface area contributed by atoms with E-state index in [1.165, 1.54) is 49.7 Å². The fraction of sp³-hybridized carbons (Fsp3) is 0. The molecule has 0 amide bonds. The normalized spacial score (nSPS) is 11.9. The number of hydrogen-bond acceptors (Lipinski definition) is 1. The number of hydrogen-bond donors (Lipinski definition) is 0. The maximum atomic E-state index is 6.86. The van der Waals surface area contributed by atoms with Gasteiger partial charge in [0.15, 0.2) is 0 Å². The van der Waals surface area contributed by atoms with Crippen LogP contribution in [0, 0.1) is 0 Å². The van der Waals surface area contributed by atoms with E-state index in [-0.39, 0.29) is 0 Å². The number of fused-ring (bicyclic) bond motifs is 6. The van der Waals surface area contributed by atoms with Crippen molar-refractivity contribution in [3.63, 3.8) is 0 Å². The minimum atomic E-state index is 0.929. The summed E-state index contributed by atoms with van der Waals surface area (Å²) in [5, 5.41) is 4.88. The molecule has 190 valence electrons. The third kappa shape index (κ3) is 3.24. The van der Waals surface area contributed by atoms with Crippen molar-refractivity contribution in [2.24, 2.45) is 0 Å². The molecule has 0 spiro atoms. The summed E-state index contributed by atoms with van der Waals surface area (Å²) in [7, 11) is 0. The van der Waals surface area contributed by atoms with Crippen LogP contribution in [0.1, 0.15) is 0 Å². The SMILES string of the molecule is c1ccc(-c2cccc(-c3cccc4c3oc3c(-c5ccc6c7c(cccc57)-c5ccccc5-6)cccc34)c2)cc1. The van der Waals surface area contributed by atoms with E-state index >= 15 is 0 Å². The molecule has 1 heterocycles. The lowest BCUT2D eigenvalue weighted by atomic mass is 9.93. The Hall–Kier alpha value is -5.40. The van der Waals surface area contributed by atoms with Crippen LogP contribution in [0.2, 0.25) is 0 Å². The molecule has 0 atom stereocenters. The molecule has 41 heavy (non-hydrogen) atoms. The van der Waals surface area contributed by atoms with Crippen LogP contribution in [0.5, 0.6) is 0 Å². The van der Waals surface area contributed by atoms with Crippen LogP contribution in [0.4, 0.5) is 0 Å². The Morgan fingerprint density at radius 1 is 0.293 bits per heavy atom. The van der Waals surface area contributed by atoms with Crippen molar-refractivity contribution >= 4 is 32.7 Å². The zero-order chi connectivity index (χ0) is 26.9. The highest BCUT2D eigenvalue weighted by molar-refractivity contribution is 6.21. The lowest BCUT2D eigenvalue weighted by Crippen LogP contribution is -1.84. The van der Waals surface area contributed by atoms with Crippen LogP contribution in [-0.4, -0.2) is 0 Å². The number of rotatable bonds is 3. The minimum Gasteiger partial charge on any atom is -0.455 e. The molecule has 0 unspecified atom stereocenters. The molecule has 9 rings (SSSR count). The molecule has 0 bridgehead atoms. The predicted molar refractivity (Wildman–Crippen MR) is 172 cm³/mol. The first kappa shape index (κ1) is 22.4. The maximum absolute atomic E-state index is 6.86. The van der Waals surface area contributed by atoms with E-state index in [0.29, 0.717) is 0 Å². The molecule has 1 aliphatic carbocycles. The molecule has 8 aromatic rings. The first-order valence-electron chi connectivity index (χ1n) is 14.1. The standard InChI is InChI=1S/C40H24O/c1-2-10-25(11-3-1)26-12-6-13-27(24-26)28-16-7-20-36-37-21-9-19-35(40(37)41-39(28)36)31-22-23-34-30-15-5-4-14-29(30)32-17-8-18-33(31)38(32)34/h1-24H. The van der Waals surface area contributed by atoms with Crippen molar-refractivity contribution in [2.75, 3.05) is 0 Å². The lowest BCUT2D eigenvalue weighted by molar-refractivity contribution is 0.671. The molecule has 1 aliphatic rings. The lowest BCUT2D eigenvalue weighted by Gasteiger charge is -2.10. The fourth-order valence-electron chi connectivity index (χ4n) is 6.80. The van der Waals surface area contributed by atoms with E-state index in [2.05, 4.69) is 146 Å². The second kappa shape index (κ2) is 8.55. The van der Waals surface area contributed by atoms with E-state index in [9.17, 15) is 0 Å². The molecule has 0 saturated carbocycles. The molecular weight excluding hydrogens is 496 g/mol. The van der Waals surface area contributed by atoms with Crippen molar-refractivity contribution in [3.8, 4) is 55.6 Å². The van der Waals surface area contributed by atoms with Crippen LogP contribution in [0.15, 0.2) is 150 Å². The van der Waals surface area contributed by atoms with E-state index in [1.54, 1.807) is 0 Å². The van der Waals surface area contributed by atoms with Gasteiger partial charge in [0, 0.05) is 21.9 Å². The minimum absolute atomic E-state index is 0.929. The molecule has 0 aliphatic heterocycles. The van der Waals surface area contributed by atoms with Gasteiger partial charge in [-0.15, -0.1) is 0 Å². The molecule has 1 nitrogen and oxygen atoms in total. The Kier molecular flexibility index (Phi) is 4.67. The largest absolute Gasteiger partial charge is 0.455 e. The summed E-state index contributed by atoms with van der Waals surface area (Å²) in [4.78, 5) is 0. The van der Waals surface area contributed by atoms with Gasteiger partial charge in [0.25, 0.3) is 0 Å². The summed E-state index contributed by atoms with van der Waals surface area (Å²) in [5.74, 6) is 0. The smallest absolute Gasteiger partial charge is 0.143 e. The highest BCUT2D eigenvalue weighted by Crippen LogP contribution is 2.50. The summed E-state index contributed by atoms with van der Waals surface area (Å²) >= 11 is 0. The summed E-state index contributed by atoms with van der Waals surface area (Å²) in [5.41, 5.74) is 14.1. The van der Waals surface area contributed by atoms with Crippen LogP contribution >= 0.6 is 0 Å². The second-order valence-corrected chi connectivity index (χ2v) is 10.8. The van der Waals surface area contributed by atoms with Crippen molar-refractivity contribution in [3.05, 3.63) is 146 Å². The topological polar surface area (TPSA) is 13.1 Å². The van der Waals surface area contributed by atoms with Gasteiger partial charge in [0.1, 0.15) is 11.2 Å². The van der Waals surface area contributed by atoms with Gasteiger partial charge in [0.05, 0.1) is 0 Å². The first-order valence-corrected chi connectivity index (χ1v) is 14.1. The molecule has 0 N–H and O–H groups in total. The third-order valence-corrected chi connectivity index (χ3v) is 8.64. The third-order valence-electron chi connectivity index (χ3n) is 8.64. The predicted octanol–water partition coefficient (Wildman–Crippen LogP) is 11.4. The van der Waals surface area contributed by atoms with Gasteiger partial charge in [-0.05, 0) is 61.3 Å². The van der Waals surface area contributed by atoms with Crippen molar-refractivity contribution in [1.82, 2.24) is 0 Å². The Morgan fingerprint density at radius 2 is 0.805 bits per heavy atom. The van der Waals surface area contributed by atoms with Crippen molar-refractivity contribution < 1.29 is 4.42 Å². The molecule has 0 saturated heterocycles. The fourth-order valence-corrected chi connectivity index (χ4v) is 6.80. The van der Waals surface area contributed by atoms with Crippen LogP contribution in [-0.2, 0) is 0 Å². The van der Waals surface area contributed by atoms with Crippen LogP contribution in [0.25, 0.3) is 88.3 Å². The first-order chi connectivity index (χ1) is 20.3. The summed E-state index contributed by atoms with van der Waals surface area (Å²) < 4.78 is 6.86. The molecule has 0 radical (unpaired) electrons. The zero-order valence-electron chi connectivity index (χ0n) is 22.3. The summed E-state index contributed by atoms with van der Waals surface area (Å²) in [6.45, 7) is 0. The van der Waals surface area contributed by atoms with E-state index in [0.717, 1.165) is 38.6 Å². The van der Waals surface area contributed by atoms with Crippen molar-refractivity contribution in [2.45, 2.75) is 0 Å². The summed E-state index contributed by atoms with van der Waals surface area (Å²) in [6.07, 6.45) is 0. The van der Waals surface area contributed by atoms with E-state index in [4.69, 9.17) is 4.42 Å². The van der Waals surface area contributed by atoms with Crippen LogP contribution < -0.4 is 0 Å². The highest BCUT2D eigenvalue weighted by Gasteiger charge is 2.23. The number of para-hydroxylation sites is 2. The van der Waals surface area contributed by atoms with E-state index < -0.39 is 0 Å². The molecular formula is C40H24O. The van der Waals surface area contributed by atoms with Crippen LogP contribution in [0.3, 0.4) is 0 Å². The van der Waals surface area contributed by atoms with Gasteiger partial charge >= 0.3 is 0 Å². The number of benzene rings is 7. The Morgan fingerprint density at radius 3 is 1.59 bits per heavy atom. The molecule has 1 heteroatoms. The second-order valence-electron chi connectivity index (χ2n) is 10.8. The highest BCUT2D eigenvalue weighted by atomic mass is 16.3. The van der Waals surface area contributed by atoms with Crippen molar-refractivity contribution in [1.29, 1.82) is 0 Å². The van der Waals surface area contributed by atoms with Gasteiger partial charge in [0.2, 0.25) is 0 Å². The number of furan rings is 1. The zero-order valence-corrected chi connectivity index (χ0v) is 22.3. The quantitative estimate of drug-likeness (QED) is 0.226. The van der Waals surface area contributed by atoms with Gasteiger partial charge in [-0.3, -0.25) is 0 Å². The molecule has 7 aromatic carbocycles. The average Bonchev–Trinajstić information content (AvgIpc) is 3.59. The maximum Gasteiger partial charge on any atom is 0.143 e. The Labute approximate surface area is 237 Å².